The van der Waals surface area contributed by atoms with Crippen molar-refractivity contribution in [1.82, 2.24) is 9.29 Å². The zero-order valence-electron chi connectivity index (χ0n) is 18.4. The van der Waals surface area contributed by atoms with Crippen molar-refractivity contribution >= 4 is 32.7 Å². The number of rotatable bonds is 6. The van der Waals surface area contributed by atoms with Crippen LogP contribution < -0.4 is 10.9 Å². The third-order valence-electron chi connectivity index (χ3n) is 5.31. The second kappa shape index (κ2) is 9.42. The Morgan fingerprint density at radius 1 is 1.09 bits per heavy atom. The number of aromatic nitrogens is 1. The molecule has 0 bridgehead atoms. The first-order chi connectivity index (χ1) is 15.7. The Labute approximate surface area is 191 Å². The fourth-order valence-corrected chi connectivity index (χ4v) is 5.38. The summed E-state index contributed by atoms with van der Waals surface area (Å²) in [5.74, 6) is -0.323. The molecule has 3 aromatic rings. The van der Waals surface area contributed by atoms with Crippen molar-refractivity contribution in [2.75, 3.05) is 18.4 Å². The van der Waals surface area contributed by atoms with E-state index in [1.807, 2.05) is 13.8 Å². The maximum absolute atomic E-state index is 12.9. The van der Waals surface area contributed by atoms with Gasteiger partial charge in [-0.3, -0.25) is 4.79 Å². The van der Waals surface area contributed by atoms with E-state index in [2.05, 4.69) is 10.3 Å². The molecule has 1 fully saturated rings. The fraction of sp³-hybridized carbons (Fsp3) is 0.348. The van der Waals surface area contributed by atoms with E-state index < -0.39 is 15.6 Å². The minimum Gasteiger partial charge on any atom is -0.420 e. The molecule has 1 N–H and O–H groups in total. The van der Waals surface area contributed by atoms with Gasteiger partial charge in [0.2, 0.25) is 15.9 Å². The molecule has 174 valence electrons. The van der Waals surface area contributed by atoms with Crippen LogP contribution in [0.1, 0.15) is 26.0 Å². The molecule has 1 aliphatic rings. The molecule has 0 saturated carbocycles. The number of nitrogens with zero attached hydrogens (tertiary/aromatic N) is 2. The van der Waals surface area contributed by atoms with E-state index in [0.29, 0.717) is 29.9 Å². The lowest BCUT2D eigenvalue weighted by Crippen LogP contribution is -2.48. The van der Waals surface area contributed by atoms with E-state index in [0.717, 1.165) is 0 Å². The van der Waals surface area contributed by atoms with Crippen LogP contribution in [0.3, 0.4) is 0 Å². The molecule has 1 saturated heterocycles. The minimum absolute atomic E-state index is 0.0275. The number of aryl methyl sites for hydroxylation is 1. The van der Waals surface area contributed by atoms with Gasteiger partial charge < -0.3 is 14.5 Å². The van der Waals surface area contributed by atoms with Crippen LogP contribution in [0.15, 0.2) is 62.6 Å². The van der Waals surface area contributed by atoms with Gasteiger partial charge >= 0.3 is 5.63 Å². The van der Waals surface area contributed by atoms with E-state index in [-0.39, 0.29) is 41.5 Å². The molecule has 1 aromatic heterocycles. The molecule has 2 aromatic carbocycles. The summed E-state index contributed by atoms with van der Waals surface area (Å²) >= 11 is 0. The largest absolute Gasteiger partial charge is 0.420 e. The van der Waals surface area contributed by atoms with Gasteiger partial charge in [-0.25, -0.2) is 18.2 Å². The van der Waals surface area contributed by atoms with Gasteiger partial charge in [-0.15, -0.1) is 0 Å². The van der Waals surface area contributed by atoms with Crippen molar-refractivity contribution in [1.29, 1.82) is 0 Å². The quantitative estimate of drug-likeness (QED) is 0.587. The molecule has 9 nitrogen and oxygen atoms in total. The molecule has 10 heteroatoms. The number of morpholine rings is 1. The van der Waals surface area contributed by atoms with E-state index >= 15 is 0 Å². The molecular weight excluding hydrogens is 446 g/mol. The summed E-state index contributed by atoms with van der Waals surface area (Å²) in [6, 6.07) is 12.9. The van der Waals surface area contributed by atoms with Gasteiger partial charge in [-0.05, 0) is 50.2 Å². The average Bonchev–Trinajstić information content (AvgIpc) is 2.77. The number of para-hydroxylation sites is 2. The summed E-state index contributed by atoms with van der Waals surface area (Å²) in [6.07, 6.45) is -0.207. The number of hydrogen-bond acceptors (Lipinski definition) is 7. The van der Waals surface area contributed by atoms with Crippen molar-refractivity contribution in [3.63, 3.8) is 0 Å². The van der Waals surface area contributed by atoms with E-state index in [1.54, 1.807) is 36.4 Å². The predicted octanol–water partition coefficient (Wildman–Crippen LogP) is 2.56. The molecule has 0 spiro atoms. The molecule has 0 radical (unpaired) electrons. The number of fused-ring (bicyclic) bond motifs is 1. The first-order valence-electron chi connectivity index (χ1n) is 10.7. The zero-order chi connectivity index (χ0) is 23.6. The maximum atomic E-state index is 12.9. The van der Waals surface area contributed by atoms with Crippen molar-refractivity contribution in [3.8, 4) is 0 Å². The van der Waals surface area contributed by atoms with Gasteiger partial charge in [0.1, 0.15) is 11.2 Å². The van der Waals surface area contributed by atoms with Gasteiger partial charge in [-0.2, -0.15) is 4.31 Å². The minimum atomic E-state index is -3.65. The summed E-state index contributed by atoms with van der Waals surface area (Å²) in [5.41, 5.74) is 1.02. The first kappa shape index (κ1) is 23.1. The van der Waals surface area contributed by atoms with Gasteiger partial charge in [0.15, 0.2) is 5.58 Å². The number of hydrogen-bond donors (Lipinski definition) is 1. The maximum Gasteiger partial charge on any atom is 0.358 e. The predicted molar refractivity (Wildman–Crippen MR) is 122 cm³/mol. The summed E-state index contributed by atoms with van der Waals surface area (Å²) in [6.45, 7) is 4.27. The molecule has 4 rings (SSSR count). The third-order valence-corrected chi connectivity index (χ3v) is 7.16. The van der Waals surface area contributed by atoms with Crippen LogP contribution in [0.2, 0.25) is 0 Å². The fourth-order valence-electron chi connectivity index (χ4n) is 3.79. The Hall–Kier alpha value is -3.08. The number of nitrogens with one attached hydrogen (secondary N) is 1. The molecule has 1 aliphatic heterocycles. The third kappa shape index (κ3) is 5.29. The molecule has 0 aliphatic carbocycles. The van der Waals surface area contributed by atoms with Crippen LogP contribution in [0.4, 0.5) is 5.69 Å². The second-order valence-corrected chi connectivity index (χ2v) is 10.0. The smallest absolute Gasteiger partial charge is 0.358 e. The lowest BCUT2D eigenvalue weighted by molar-refractivity contribution is -0.116. The van der Waals surface area contributed by atoms with Gasteiger partial charge in [-0.1, -0.05) is 12.1 Å². The van der Waals surface area contributed by atoms with Crippen LogP contribution in [0.25, 0.3) is 11.1 Å². The van der Waals surface area contributed by atoms with Crippen LogP contribution in [0, 0.1) is 0 Å². The van der Waals surface area contributed by atoms with Gasteiger partial charge in [0, 0.05) is 31.6 Å². The van der Waals surface area contributed by atoms with Crippen LogP contribution >= 0.6 is 0 Å². The van der Waals surface area contributed by atoms with E-state index in [1.165, 1.54) is 16.4 Å². The van der Waals surface area contributed by atoms with Crippen molar-refractivity contribution in [3.05, 3.63) is 64.6 Å². The van der Waals surface area contributed by atoms with Crippen molar-refractivity contribution < 1.29 is 22.4 Å². The lowest BCUT2D eigenvalue weighted by Gasteiger charge is -2.34. The van der Waals surface area contributed by atoms with E-state index in [4.69, 9.17) is 9.15 Å². The SMILES string of the molecule is CC1CN(S(=O)(=O)c2ccc(NC(=O)CCc3nc4ccccc4oc3=O)cc2)CC(C)O1. The molecule has 2 heterocycles. The highest BCUT2D eigenvalue weighted by Crippen LogP contribution is 2.22. The molecule has 2 unspecified atom stereocenters. The Bertz CT molecular complexity index is 1310. The topological polar surface area (TPSA) is 119 Å². The van der Waals surface area contributed by atoms with E-state index in [9.17, 15) is 18.0 Å². The Kier molecular flexibility index (Phi) is 6.59. The molecule has 33 heavy (non-hydrogen) atoms. The average molecular weight is 472 g/mol. The Morgan fingerprint density at radius 3 is 2.45 bits per heavy atom. The number of carbonyl (C=O) groups excluding carboxylic acids is 1. The standard InChI is InChI=1S/C23H25N3O6S/c1-15-13-26(14-16(2)31-15)33(29,30)18-9-7-17(8-10-18)24-22(27)12-11-20-23(28)32-21-6-4-3-5-19(21)25-20/h3-10,15-16H,11-14H2,1-2H3,(H,24,27). The van der Waals surface area contributed by atoms with Gasteiger partial charge in [0.05, 0.1) is 17.1 Å². The number of carbonyl (C=O) groups is 1. The number of benzene rings is 2. The lowest BCUT2D eigenvalue weighted by atomic mass is 10.2. The first-order valence-corrected chi connectivity index (χ1v) is 12.1. The van der Waals surface area contributed by atoms with Crippen molar-refractivity contribution in [2.45, 2.75) is 43.8 Å². The highest BCUT2D eigenvalue weighted by atomic mass is 32.2. The van der Waals surface area contributed by atoms with Crippen LogP contribution in [0.5, 0.6) is 0 Å². The summed E-state index contributed by atoms with van der Waals surface area (Å²) in [7, 11) is -3.65. The highest BCUT2D eigenvalue weighted by molar-refractivity contribution is 7.89. The molecule has 2 atom stereocenters. The summed E-state index contributed by atoms with van der Waals surface area (Å²) in [4.78, 5) is 28.9. The molecule has 1 amide bonds. The number of amides is 1. The second-order valence-electron chi connectivity index (χ2n) is 8.07. The molecular formula is C23H25N3O6S. The number of anilines is 1. The Balaban J connectivity index is 1.38. The monoisotopic (exact) mass is 471 g/mol. The number of sulfonamides is 1. The summed E-state index contributed by atoms with van der Waals surface area (Å²) < 4.78 is 38.1. The number of ether oxygens (including phenoxy) is 1. The zero-order valence-corrected chi connectivity index (χ0v) is 19.2. The van der Waals surface area contributed by atoms with Crippen molar-refractivity contribution in [2.24, 2.45) is 0 Å². The van der Waals surface area contributed by atoms with Crippen LogP contribution in [-0.4, -0.2) is 48.9 Å². The highest BCUT2D eigenvalue weighted by Gasteiger charge is 2.32. The summed E-state index contributed by atoms with van der Waals surface area (Å²) in [5, 5.41) is 2.71. The normalized spacial score (nSPS) is 19.5. The van der Waals surface area contributed by atoms with Crippen LogP contribution in [-0.2, 0) is 26.0 Å². The van der Waals surface area contributed by atoms with Gasteiger partial charge in [0.25, 0.3) is 0 Å². The Morgan fingerprint density at radius 2 is 1.76 bits per heavy atom.